The summed E-state index contributed by atoms with van der Waals surface area (Å²) in [7, 11) is 0. The molecule has 8 unspecified atom stereocenters. The minimum Gasteiger partial charge on any atom is -0.481 e. The predicted octanol–water partition coefficient (Wildman–Crippen LogP) is -3.34. The largest absolute Gasteiger partial charge is 0.481 e. The quantitative estimate of drug-likeness (QED) is 0.0104. The molecule has 6 aromatic rings. The summed E-state index contributed by atoms with van der Waals surface area (Å²) in [6, 6.07) is 19.7. The Morgan fingerprint density at radius 1 is 0.439 bits per heavy atom. The first kappa shape index (κ1) is 76.5. The van der Waals surface area contributed by atoms with Gasteiger partial charge in [0.25, 0.3) is 5.97 Å². The smallest absolute Gasteiger partial charge is 0.300 e. The molecule has 2 aromatic heterocycles. The molecule has 0 saturated heterocycles. The number of aromatic amines is 2. The second kappa shape index (κ2) is 38.2. The van der Waals surface area contributed by atoms with Crippen molar-refractivity contribution in [3.8, 4) is 0 Å². The Kier molecular flexibility index (Phi) is 29.9. The number of para-hydroxylation sites is 2. The zero-order valence-corrected chi connectivity index (χ0v) is 53.9. The number of guanidine groups is 1. The number of rotatable bonds is 36. The van der Waals surface area contributed by atoms with Crippen LogP contribution in [0.5, 0.6) is 0 Å². The number of carboxylic acids is 1. The van der Waals surface area contributed by atoms with Crippen molar-refractivity contribution in [3.05, 3.63) is 144 Å². The number of benzene rings is 4. The van der Waals surface area contributed by atoms with E-state index in [4.69, 9.17) is 38.2 Å². The van der Waals surface area contributed by atoms with E-state index >= 15 is 0 Å². The summed E-state index contributed by atoms with van der Waals surface area (Å²) < 4.78 is 0. The Labute approximate surface area is 561 Å². The minimum atomic E-state index is -1.79. The molecule has 4 aromatic carbocycles. The van der Waals surface area contributed by atoms with E-state index in [-0.39, 0.29) is 51.0 Å². The Bertz CT molecular complexity index is 3840. The lowest BCUT2D eigenvalue weighted by atomic mass is 10.0. The first-order valence-corrected chi connectivity index (χ1v) is 30.8. The van der Waals surface area contributed by atoms with Gasteiger partial charge in [0.2, 0.25) is 76.8 Å². The summed E-state index contributed by atoms with van der Waals surface area (Å²) in [6.07, 6.45) is 1.26. The van der Waals surface area contributed by atoms with Crippen LogP contribution in [0.15, 0.2) is 122 Å². The molecule has 6 rings (SSSR count). The number of hydrogen-bond acceptors (Lipinski definition) is 15. The summed E-state index contributed by atoms with van der Waals surface area (Å²) >= 11 is 0. The number of carboxylic acid groups (broad SMARTS) is 1. The third-order valence-electron chi connectivity index (χ3n) is 14.7. The average Bonchev–Trinajstić information content (AvgIpc) is 1.64. The van der Waals surface area contributed by atoms with Crippen LogP contribution in [0.4, 0.5) is 0 Å². The van der Waals surface area contributed by atoms with Gasteiger partial charge >= 0.3 is 0 Å². The van der Waals surface area contributed by atoms with Gasteiger partial charge in [0.1, 0.15) is 48.3 Å². The fraction of sp³-hybridized carbons (Fsp3) is 0.338. The normalized spacial score (nSPS) is 13.2. The zero-order chi connectivity index (χ0) is 72.0. The first-order chi connectivity index (χ1) is 46.6. The summed E-state index contributed by atoms with van der Waals surface area (Å²) in [5.41, 5.74) is 25.8. The molecule has 522 valence electrons. The van der Waals surface area contributed by atoms with Gasteiger partial charge < -0.3 is 96.5 Å². The van der Waals surface area contributed by atoms with E-state index in [9.17, 15) is 62.3 Å². The Hall–Kier alpha value is -12.2. The van der Waals surface area contributed by atoms with Crippen LogP contribution < -0.4 is 81.4 Å². The molecule has 0 aliphatic rings. The number of H-pyrrole nitrogens is 2. The van der Waals surface area contributed by atoms with E-state index in [0.717, 1.165) is 13.8 Å². The molecule has 23 N–H and O–H groups in total. The molecule has 98 heavy (non-hydrogen) atoms. The summed E-state index contributed by atoms with van der Waals surface area (Å²) in [5, 5.41) is 43.8. The molecule has 13 amide bonds. The van der Waals surface area contributed by atoms with Gasteiger partial charge in [0.15, 0.2) is 5.96 Å². The topological polar surface area (TPSA) is 551 Å². The number of fused-ring (bicyclic) bond motifs is 2. The van der Waals surface area contributed by atoms with E-state index in [1.165, 1.54) is 6.92 Å². The molecule has 2 heterocycles. The van der Waals surface area contributed by atoms with Gasteiger partial charge in [-0.25, -0.2) is 0 Å². The number of carbonyl (C=O) groups is 14. The second-order valence-corrected chi connectivity index (χ2v) is 22.7. The second-order valence-electron chi connectivity index (χ2n) is 22.7. The lowest BCUT2D eigenvalue weighted by Gasteiger charge is -2.25. The number of hydrogen-bond donors (Lipinski definition) is 19. The molecule has 0 spiro atoms. The summed E-state index contributed by atoms with van der Waals surface area (Å²) in [6.45, 7) is 2.06. The molecule has 0 radical (unpaired) electrons. The highest BCUT2D eigenvalue weighted by molar-refractivity contribution is 6.00. The molecular weight excluding hydrogens is 1270 g/mol. The van der Waals surface area contributed by atoms with Gasteiger partial charge in [0, 0.05) is 80.3 Å². The van der Waals surface area contributed by atoms with E-state index in [1.807, 2.05) is 0 Å². The number of carbonyl (C=O) groups excluding carboxylic acids is 13. The first-order valence-electron chi connectivity index (χ1n) is 30.8. The number of aliphatic carboxylic acids is 1. The minimum absolute atomic E-state index is 0.0347. The van der Waals surface area contributed by atoms with Crippen molar-refractivity contribution < 1.29 is 72.2 Å². The highest BCUT2D eigenvalue weighted by Crippen LogP contribution is 2.21. The third kappa shape index (κ3) is 26.0. The standard InChI is InChI=1S/C63H78N18O13.C2H4O2/c1-34(74-35(2)82)56(88)79-50(29-52(65)84)62(94)80-48(27-39-31-71-43-21-12-10-19-41(39)43)61(93)81-49(28-51(64)83)58(90)73-32-53(85)75-46(25-37-16-7-4-8-17-37)57(89)72-33-54(86)76-47(26-38-30-70-42-20-11-9-18-40(38)42)60(92)77-44(22-13-23-69-63(67)68)59(91)78-45(55(66)87)24-36-14-5-3-6-15-36;1-2(3)4/h3-12,14-21,30-31,34,44-50,70-71H,13,22-29,32-33H2,1-2H3,(H2,64,83)(H2,65,84)(H2,66,87)(H,72,89)(H,73,90)(H,74,82)(H,75,85)(H,76,86)(H,77,92)(H,78,91)(H,79,88)(H,80,94)(H,81,93)(H4,67,68,69);1H3,(H,3,4). The van der Waals surface area contributed by atoms with Crippen LogP contribution in [-0.2, 0) is 92.8 Å². The maximum absolute atomic E-state index is 14.5. The van der Waals surface area contributed by atoms with Crippen molar-refractivity contribution >= 4 is 111 Å². The maximum atomic E-state index is 14.5. The van der Waals surface area contributed by atoms with Gasteiger partial charge in [-0.15, -0.1) is 0 Å². The number of primary amides is 3. The van der Waals surface area contributed by atoms with Crippen molar-refractivity contribution in [2.45, 2.75) is 120 Å². The van der Waals surface area contributed by atoms with E-state index < -0.39 is 157 Å². The molecule has 0 saturated carbocycles. The molecule has 33 heteroatoms. The maximum Gasteiger partial charge on any atom is 0.300 e. The van der Waals surface area contributed by atoms with Crippen LogP contribution >= 0.6 is 0 Å². The third-order valence-corrected chi connectivity index (χ3v) is 14.7. The summed E-state index contributed by atoms with van der Waals surface area (Å²) in [4.78, 5) is 189. The van der Waals surface area contributed by atoms with Crippen LogP contribution in [0.1, 0.15) is 68.7 Å². The number of amides is 13. The van der Waals surface area contributed by atoms with Crippen LogP contribution in [0.3, 0.4) is 0 Å². The number of aromatic nitrogens is 2. The van der Waals surface area contributed by atoms with Crippen LogP contribution in [0.25, 0.3) is 21.8 Å². The van der Waals surface area contributed by atoms with E-state index in [1.54, 1.807) is 122 Å². The van der Waals surface area contributed by atoms with Gasteiger partial charge in [-0.1, -0.05) is 97.1 Å². The average molecular weight is 1360 g/mol. The van der Waals surface area contributed by atoms with Gasteiger partial charge in [0.05, 0.1) is 25.9 Å². The van der Waals surface area contributed by atoms with Crippen LogP contribution in [0, 0.1) is 5.41 Å². The van der Waals surface area contributed by atoms with Crippen LogP contribution in [-0.4, -0.2) is 172 Å². The SMILES string of the molecule is CC(=O)NC(C)C(=O)NC(CC(N)=O)C(=O)NC(Cc1c[nH]c2ccccc12)C(=O)NC(CC(N)=O)C(=O)NCC(=O)NC(Cc1ccccc1)C(=O)NCC(=O)NC(Cc1c[nH]c2ccccc12)C(=O)NC(CCCNC(=N)N)C(=O)NC(Cc1ccccc1)C(N)=O.CC(=O)O. The molecule has 0 aliphatic carbocycles. The van der Waals surface area contributed by atoms with Gasteiger partial charge in [-0.05, 0) is 54.2 Å². The number of nitrogens with one attached hydrogen (secondary N) is 14. The molecule has 33 nitrogen and oxygen atoms in total. The fourth-order valence-corrected chi connectivity index (χ4v) is 10.0. The summed E-state index contributed by atoms with van der Waals surface area (Å²) in [5.74, 6) is -13.2. The van der Waals surface area contributed by atoms with Gasteiger partial charge in [-0.3, -0.25) is 72.5 Å². The Morgan fingerprint density at radius 3 is 1.27 bits per heavy atom. The molecule has 0 bridgehead atoms. The monoisotopic (exact) mass is 1350 g/mol. The molecule has 0 fully saturated rings. The van der Waals surface area contributed by atoms with E-state index in [0.29, 0.717) is 44.1 Å². The fourth-order valence-electron chi connectivity index (χ4n) is 10.0. The molecule has 8 atom stereocenters. The van der Waals surface area contributed by atoms with Crippen LogP contribution in [0.2, 0.25) is 0 Å². The van der Waals surface area contributed by atoms with Crippen molar-refractivity contribution in [3.63, 3.8) is 0 Å². The Balaban J connectivity index is 0.00000421. The van der Waals surface area contributed by atoms with E-state index in [2.05, 4.69) is 68.5 Å². The number of nitrogens with two attached hydrogens (primary N) is 4. The van der Waals surface area contributed by atoms with Crippen molar-refractivity contribution in [2.75, 3.05) is 19.6 Å². The van der Waals surface area contributed by atoms with Crippen molar-refractivity contribution in [1.82, 2.24) is 68.5 Å². The molecule has 0 aliphatic heterocycles. The predicted molar refractivity (Wildman–Crippen MR) is 356 cm³/mol. The highest BCUT2D eigenvalue weighted by Gasteiger charge is 2.35. The lowest BCUT2D eigenvalue weighted by Crippen LogP contribution is -2.59. The van der Waals surface area contributed by atoms with Crippen molar-refractivity contribution in [1.29, 1.82) is 5.41 Å². The van der Waals surface area contributed by atoms with Crippen molar-refractivity contribution in [2.24, 2.45) is 22.9 Å². The molecular formula is C65H82N18O15. The van der Waals surface area contributed by atoms with Gasteiger partial charge in [-0.2, -0.15) is 0 Å². The lowest BCUT2D eigenvalue weighted by molar-refractivity contribution is -0.136. The Morgan fingerprint density at radius 2 is 0.806 bits per heavy atom. The highest BCUT2D eigenvalue weighted by atomic mass is 16.4. The zero-order valence-electron chi connectivity index (χ0n) is 53.9.